The second-order valence-corrected chi connectivity index (χ2v) is 4.02. The number of rotatable bonds is 7. The standard InChI is InChI=1S/C13H19NO5/c1-14-6-10(16)13(17)9-5-12(19-3)11(18-2)4-8(9)7-15/h4-5,7,10,13-14,16-17H,6H2,1-3H3. The first kappa shape index (κ1) is 15.4. The Hall–Kier alpha value is -1.63. The molecule has 6 nitrogen and oxygen atoms in total. The number of benzene rings is 1. The van der Waals surface area contributed by atoms with E-state index in [0.29, 0.717) is 23.3 Å². The number of aliphatic hydroxyl groups is 2. The lowest BCUT2D eigenvalue weighted by Crippen LogP contribution is -2.30. The number of aldehydes is 1. The summed E-state index contributed by atoms with van der Waals surface area (Å²) in [6.07, 6.45) is -1.61. The smallest absolute Gasteiger partial charge is 0.161 e. The molecule has 0 aliphatic heterocycles. The summed E-state index contributed by atoms with van der Waals surface area (Å²) in [7, 11) is 4.57. The summed E-state index contributed by atoms with van der Waals surface area (Å²) >= 11 is 0. The van der Waals surface area contributed by atoms with Gasteiger partial charge in [0.05, 0.1) is 20.3 Å². The molecule has 1 rings (SSSR count). The fraction of sp³-hybridized carbons (Fsp3) is 0.462. The van der Waals surface area contributed by atoms with Gasteiger partial charge in [-0.25, -0.2) is 0 Å². The van der Waals surface area contributed by atoms with Gasteiger partial charge >= 0.3 is 0 Å². The molecule has 0 spiro atoms. The predicted molar refractivity (Wildman–Crippen MR) is 69.8 cm³/mol. The Balaban J connectivity index is 3.21. The molecular formula is C13H19NO5. The number of hydrogen-bond donors (Lipinski definition) is 3. The lowest BCUT2D eigenvalue weighted by Gasteiger charge is -2.20. The van der Waals surface area contributed by atoms with Crippen LogP contribution in [-0.4, -0.2) is 50.4 Å². The Kier molecular flexibility index (Phi) is 5.75. The molecule has 0 heterocycles. The van der Waals surface area contributed by atoms with Gasteiger partial charge in [0.15, 0.2) is 17.8 Å². The molecule has 0 aliphatic rings. The van der Waals surface area contributed by atoms with Crippen LogP contribution >= 0.6 is 0 Å². The lowest BCUT2D eigenvalue weighted by molar-refractivity contribution is 0.0197. The Bertz CT molecular complexity index is 435. The Labute approximate surface area is 112 Å². The van der Waals surface area contributed by atoms with Crippen LogP contribution in [0.5, 0.6) is 11.5 Å². The SMILES string of the molecule is CNCC(O)C(O)c1cc(OC)c(OC)cc1C=O. The molecule has 2 atom stereocenters. The van der Waals surface area contributed by atoms with E-state index in [4.69, 9.17) is 9.47 Å². The molecule has 0 saturated heterocycles. The van der Waals surface area contributed by atoms with Crippen LogP contribution in [0.2, 0.25) is 0 Å². The van der Waals surface area contributed by atoms with Crippen LogP contribution < -0.4 is 14.8 Å². The van der Waals surface area contributed by atoms with Crippen molar-refractivity contribution in [2.45, 2.75) is 12.2 Å². The quantitative estimate of drug-likeness (QED) is 0.610. The zero-order valence-corrected chi connectivity index (χ0v) is 11.2. The van der Waals surface area contributed by atoms with E-state index in [1.54, 1.807) is 7.05 Å². The number of carbonyl (C=O) groups excluding carboxylic acids is 1. The van der Waals surface area contributed by atoms with Crippen LogP contribution in [-0.2, 0) is 0 Å². The third-order valence-electron chi connectivity index (χ3n) is 2.81. The van der Waals surface area contributed by atoms with Crippen molar-refractivity contribution in [1.82, 2.24) is 5.32 Å². The summed E-state index contributed by atoms with van der Waals surface area (Å²) in [5.74, 6) is 0.780. The van der Waals surface area contributed by atoms with E-state index in [9.17, 15) is 15.0 Å². The van der Waals surface area contributed by atoms with Crippen molar-refractivity contribution in [3.8, 4) is 11.5 Å². The van der Waals surface area contributed by atoms with Crippen LogP contribution in [0.15, 0.2) is 12.1 Å². The summed E-state index contributed by atoms with van der Waals surface area (Å²) in [5, 5.41) is 22.6. The van der Waals surface area contributed by atoms with Crippen LogP contribution in [0.3, 0.4) is 0 Å². The lowest BCUT2D eigenvalue weighted by atomic mass is 9.98. The van der Waals surface area contributed by atoms with Crippen LogP contribution in [0.1, 0.15) is 22.0 Å². The highest BCUT2D eigenvalue weighted by Gasteiger charge is 2.22. The first-order valence-electron chi connectivity index (χ1n) is 5.80. The number of methoxy groups -OCH3 is 2. The Morgan fingerprint density at radius 1 is 1.26 bits per heavy atom. The van der Waals surface area contributed by atoms with Crippen LogP contribution in [0.25, 0.3) is 0 Å². The molecule has 0 amide bonds. The zero-order valence-electron chi connectivity index (χ0n) is 11.2. The monoisotopic (exact) mass is 269 g/mol. The highest BCUT2D eigenvalue weighted by molar-refractivity contribution is 5.79. The van der Waals surface area contributed by atoms with E-state index in [0.717, 1.165) is 0 Å². The molecule has 1 aromatic rings. The van der Waals surface area contributed by atoms with E-state index in [1.165, 1.54) is 26.4 Å². The minimum absolute atomic E-state index is 0.202. The maximum Gasteiger partial charge on any atom is 0.161 e. The number of ether oxygens (including phenoxy) is 2. The van der Waals surface area contributed by atoms with Gasteiger partial charge in [0.25, 0.3) is 0 Å². The number of hydrogen-bond acceptors (Lipinski definition) is 6. The number of carbonyl (C=O) groups is 1. The van der Waals surface area contributed by atoms with Gasteiger partial charge in [-0.15, -0.1) is 0 Å². The van der Waals surface area contributed by atoms with Gasteiger partial charge in [-0.1, -0.05) is 0 Å². The minimum atomic E-state index is -1.19. The van der Waals surface area contributed by atoms with Crippen molar-refractivity contribution < 1.29 is 24.5 Å². The molecule has 106 valence electrons. The molecule has 3 N–H and O–H groups in total. The maximum atomic E-state index is 11.1. The maximum absolute atomic E-state index is 11.1. The van der Waals surface area contributed by atoms with Gasteiger partial charge in [-0.2, -0.15) is 0 Å². The van der Waals surface area contributed by atoms with Crippen molar-refractivity contribution in [2.75, 3.05) is 27.8 Å². The van der Waals surface area contributed by atoms with Crippen molar-refractivity contribution in [2.24, 2.45) is 0 Å². The zero-order chi connectivity index (χ0) is 14.4. The first-order valence-corrected chi connectivity index (χ1v) is 5.80. The van der Waals surface area contributed by atoms with Gasteiger partial charge in [0.1, 0.15) is 6.10 Å². The summed E-state index contributed by atoms with van der Waals surface area (Å²) in [6, 6.07) is 2.96. The third-order valence-corrected chi connectivity index (χ3v) is 2.81. The van der Waals surface area contributed by atoms with Gasteiger partial charge in [0, 0.05) is 12.1 Å². The fourth-order valence-corrected chi connectivity index (χ4v) is 1.80. The highest BCUT2D eigenvalue weighted by Crippen LogP contribution is 2.33. The number of aliphatic hydroxyl groups excluding tert-OH is 2. The van der Waals surface area contributed by atoms with Crippen molar-refractivity contribution in [1.29, 1.82) is 0 Å². The van der Waals surface area contributed by atoms with E-state index < -0.39 is 12.2 Å². The summed E-state index contributed by atoms with van der Waals surface area (Å²) in [5.41, 5.74) is 0.552. The van der Waals surface area contributed by atoms with Crippen molar-refractivity contribution >= 4 is 6.29 Å². The summed E-state index contributed by atoms with van der Waals surface area (Å²) < 4.78 is 10.2. The van der Waals surface area contributed by atoms with E-state index >= 15 is 0 Å². The topological polar surface area (TPSA) is 88.0 Å². The highest BCUT2D eigenvalue weighted by atomic mass is 16.5. The van der Waals surface area contributed by atoms with Crippen LogP contribution in [0, 0.1) is 0 Å². The molecule has 6 heteroatoms. The van der Waals surface area contributed by atoms with Gasteiger partial charge < -0.3 is 25.0 Å². The second kappa shape index (κ2) is 7.08. The first-order chi connectivity index (χ1) is 9.08. The molecular weight excluding hydrogens is 250 g/mol. The number of likely N-dealkylation sites (N-methyl/N-ethyl adjacent to an activating group) is 1. The normalized spacial score (nSPS) is 13.7. The van der Waals surface area contributed by atoms with Gasteiger partial charge in [0.2, 0.25) is 0 Å². The molecule has 0 radical (unpaired) electrons. The van der Waals surface area contributed by atoms with E-state index in [1.807, 2.05) is 0 Å². The van der Waals surface area contributed by atoms with Crippen LogP contribution in [0.4, 0.5) is 0 Å². The molecule has 1 aromatic carbocycles. The predicted octanol–water partition coefficient (Wildman–Crippen LogP) is 0.130. The molecule has 0 saturated carbocycles. The fourth-order valence-electron chi connectivity index (χ4n) is 1.80. The third kappa shape index (κ3) is 3.44. The molecule has 0 aliphatic carbocycles. The van der Waals surface area contributed by atoms with E-state index in [2.05, 4.69) is 5.32 Å². The molecule has 19 heavy (non-hydrogen) atoms. The summed E-state index contributed by atoms with van der Waals surface area (Å²) in [6.45, 7) is 0.202. The molecule has 0 aromatic heterocycles. The van der Waals surface area contributed by atoms with Crippen molar-refractivity contribution in [3.63, 3.8) is 0 Å². The van der Waals surface area contributed by atoms with E-state index in [-0.39, 0.29) is 12.1 Å². The van der Waals surface area contributed by atoms with Crippen molar-refractivity contribution in [3.05, 3.63) is 23.3 Å². The van der Waals surface area contributed by atoms with Gasteiger partial charge in [-0.05, 0) is 24.7 Å². The number of nitrogens with one attached hydrogen (secondary N) is 1. The largest absolute Gasteiger partial charge is 0.493 e. The van der Waals surface area contributed by atoms with Gasteiger partial charge in [-0.3, -0.25) is 4.79 Å². The second-order valence-electron chi connectivity index (χ2n) is 4.02. The summed E-state index contributed by atoms with van der Waals surface area (Å²) in [4.78, 5) is 11.1. The Morgan fingerprint density at radius 2 is 1.84 bits per heavy atom. The average molecular weight is 269 g/mol. The molecule has 0 bridgehead atoms. The Morgan fingerprint density at radius 3 is 2.32 bits per heavy atom. The average Bonchev–Trinajstić information content (AvgIpc) is 2.45. The molecule has 0 fully saturated rings. The molecule has 2 unspecified atom stereocenters. The minimum Gasteiger partial charge on any atom is -0.493 e.